The summed E-state index contributed by atoms with van der Waals surface area (Å²) in [6.07, 6.45) is 0. The Labute approximate surface area is 206 Å². The highest BCUT2D eigenvalue weighted by molar-refractivity contribution is 7.27. The van der Waals surface area contributed by atoms with Gasteiger partial charge >= 0.3 is 0 Å². The monoisotopic (exact) mass is 470 g/mol. The molecule has 0 fully saturated rings. The first-order chi connectivity index (χ1) is 16.6. The summed E-state index contributed by atoms with van der Waals surface area (Å²) in [6.45, 7) is 4.28. The molecule has 0 aliphatic rings. The van der Waals surface area contributed by atoms with Gasteiger partial charge in [-0.25, -0.2) is 0 Å². The highest BCUT2D eigenvalue weighted by atomic mass is 32.1. The zero-order valence-corrected chi connectivity index (χ0v) is 20.7. The highest BCUT2D eigenvalue weighted by Crippen LogP contribution is 2.43. The van der Waals surface area contributed by atoms with Crippen molar-refractivity contribution in [2.24, 2.45) is 0 Å². The Morgan fingerprint density at radius 2 is 0.706 bits per heavy atom. The molecule has 0 amide bonds. The lowest BCUT2D eigenvalue weighted by Crippen LogP contribution is -1.78. The molecular weight excluding hydrogens is 448 g/mol. The summed E-state index contributed by atoms with van der Waals surface area (Å²) in [7, 11) is 0. The third-order valence-corrected chi connectivity index (χ3v) is 9.10. The molecule has 0 atom stereocenters. The first kappa shape index (κ1) is 20.0. The van der Waals surface area contributed by atoms with Crippen LogP contribution in [-0.2, 0) is 0 Å². The van der Waals surface area contributed by atoms with Crippen molar-refractivity contribution in [2.75, 3.05) is 0 Å². The van der Waals surface area contributed by atoms with E-state index in [9.17, 15) is 0 Å². The third kappa shape index (κ3) is 3.18. The van der Waals surface area contributed by atoms with Crippen LogP contribution in [0, 0.1) is 13.8 Å². The zero-order valence-electron chi connectivity index (χ0n) is 19.1. The number of benzene rings is 5. The van der Waals surface area contributed by atoms with Crippen molar-refractivity contribution >= 4 is 63.0 Å². The number of aryl methyl sites for hydroxylation is 2. The fourth-order valence-corrected chi connectivity index (χ4v) is 7.11. The maximum absolute atomic E-state index is 2.42. The fourth-order valence-electron chi connectivity index (χ4n) is 4.90. The van der Waals surface area contributed by atoms with Crippen molar-refractivity contribution in [3.05, 3.63) is 108 Å². The van der Waals surface area contributed by atoms with E-state index in [4.69, 9.17) is 0 Å². The lowest BCUT2D eigenvalue weighted by Gasteiger charge is -2.03. The lowest BCUT2D eigenvalue weighted by atomic mass is 10.0. The average molecular weight is 471 g/mol. The Kier molecular flexibility index (Phi) is 4.42. The Morgan fingerprint density at radius 3 is 1.12 bits per heavy atom. The van der Waals surface area contributed by atoms with Crippen molar-refractivity contribution in [3.8, 4) is 22.3 Å². The van der Waals surface area contributed by atoms with Gasteiger partial charge in [0.2, 0.25) is 0 Å². The minimum atomic E-state index is 1.28. The largest absolute Gasteiger partial charge is 0.135 e. The van der Waals surface area contributed by atoms with Gasteiger partial charge in [0.15, 0.2) is 0 Å². The molecule has 7 rings (SSSR count). The minimum absolute atomic E-state index is 1.28. The van der Waals surface area contributed by atoms with E-state index in [0.717, 1.165) is 0 Å². The first-order valence-corrected chi connectivity index (χ1v) is 13.2. The Bertz CT molecular complexity index is 1710. The molecule has 5 aromatic carbocycles. The molecule has 0 spiro atoms. The predicted molar refractivity (Wildman–Crippen MR) is 153 cm³/mol. The third-order valence-electron chi connectivity index (χ3n) is 6.83. The second-order valence-electron chi connectivity index (χ2n) is 9.20. The van der Waals surface area contributed by atoms with Crippen LogP contribution in [0.4, 0.5) is 0 Å². The Hall–Kier alpha value is -3.46. The van der Waals surface area contributed by atoms with Crippen LogP contribution in [-0.4, -0.2) is 0 Å². The minimum Gasteiger partial charge on any atom is -0.135 e. The zero-order chi connectivity index (χ0) is 22.8. The van der Waals surface area contributed by atoms with Crippen molar-refractivity contribution < 1.29 is 0 Å². The van der Waals surface area contributed by atoms with E-state index in [1.54, 1.807) is 0 Å². The molecule has 0 radical (unpaired) electrons. The molecule has 0 unspecified atom stereocenters. The molecule has 0 aliphatic heterocycles. The summed E-state index contributed by atoms with van der Waals surface area (Å²) >= 11 is 3.80. The predicted octanol–water partition coefficient (Wildman–Crippen LogP) is 10.4. The van der Waals surface area contributed by atoms with E-state index in [0.29, 0.717) is 0 Å². The Morgan fingerprint density at radius 1 is 0.353 bits per heavy atom. The van der Waals surface area contributed by atoms with Crippen LogP contribution in [0.3, 0.4) is 0 Å². The van der Waals surface area contributed by atoms with Gasteiger partial charge < -0.3 is 0 Å². The molecule has 0 saturated heterocycles. The summed E-state index contributed by atoms with van der Waals surface area (Å²) in [6, 6.07) is 36.3. The lowest BCUT2D eigenvalue weighted by molar-refractivity contribution is 1.47. The summed E-state index contributed by atoms with van der Waals surface area (Å²) < 4.78 is 5.44. The van der Waals surface area contributed by atoms with Gasteiger partial charge in [0.05, 0.1) is 0 Å². The van der Waals surface area contributed by atoms with E-state index in [2.05, 4.69) is 111 Å². The smallest absolute Gasteiger partial charge is 0.0362 e. The van der Waals surface area contributed by atoms with Crippen LogP contribution in [0.2, 0.25) is 0 Å². The van der Waals surface area contributed by atoms with Gasteiger partial charge in [-0.05, 0) is 72.5 Å². The second kappa shape index (κ2) is 7.53. The number of hydrogen-bond donors (Lipinski definition) is 0. The van der Waals surface area contributed by atoms with Crippen LogP contribution < -0.4 is 0 Å². The van der Waals surface area contributed by atoms with Gasteiger partial charge in [0.25, 0.3) is 0 Å². The van der Waals surface area contributed by atoms with Crippen LogP contribution in [0.5, 0.6) is 0 Å². The van der Waals surface area contributed by atoms with E-state index < -0.39 is 0 Å². The Balaban J connectivity index is 1.42. The first-order valence-electron chi connectivity index (χ1n) is 11.6. The van der Waals surface area contributed by atoms with E-state index in [1.165, 1.54) is 73.7 Å². The van der Waals surface area contributed by atoms with Crippen molar-refractivity contribution in [1.82, 2.24) is 0 Å². The van der Waals surface area contributed by atoms with Crippen LogP contribution in [0.25, 0.3) is 62.6 Å². The maximum Gasteiger partial charge on any atom is 0.0362 e. The van der Waals surface area contributed by atoms with Gasteiger partial charge in [0, 0.05) is 40.3 Å². The topological polar surface area (TPSA) is 0 Å². The quantitative estimate of drug-likeness (QED) is 0.236. The van der Waals surface area contributed by atoms with Gasteiger partial charge in [-0.3, -0.25) is 0 Å². The maximum atomic E-state index is 2.42. The normalized spacial score (nSPS) is 11.8. The number of fused-ring (bicyclic) bond motifs is 6. The standard InChI is InChI=1S/C32H22S2/c1-19-3-7-21(8-4-19)23-11-13-29-25(15-23)27-17-32-28(18-31(27)33-29)26-16-24(12-14-30(26)34-32)22-9-5-20(2)6-10-22/h3-18H,1-2H3. The van der Waals surface area contributed by atoms with Crippen LogP contribution >= 0.6 is 22.7 Å². The summed E-state index contributed by atoms with van der Waals surface area (Å²) in [5, 5.41) is 5.45. The number of thiophene rings is 2. The summed E-state index contributed by atoms with van der Waals surface area (Å²) in [4.78, 5) is 0. The molecule has 2 aromatic heterocycles. The molecule has 162 valence electrons. The SMILES string of the molecule is Cc1ccc(-c2ccc3sc4cc5c(cc4c3c2)sc2ccc(-c3ccc(C)cc3)cc25)cc1. The molecule has 34 heavy (non-hydrogen) atoms. The molecule has 0 N–H and O–H groups in total. The van der Waals surface area contributed by atoms with Gasteiger partial charge in [-0.1, -0.05) is 71.8 Å². The highest BCUT2D eigenvalue weighted by Gasteiger charge is 2.13. The van der Waals surface area contributed by atoms with E-state index >= 15 is 0 Å². The van der Waals surface area contributed by atoms with Crippen molar-refractivity contribution in [3.63, 3.8) is 0 Å². The van der Waals surface area contributed by atoms with Gasteiger partial charge in [-0.15, -0.1) is 22.7 Å². The average Bonchev–Trinajstić information content (AvgIpc) is 3.40. The molecular formula is C32H22S2. The summed E-state index contributed by atoms with van der Waals surface area (Å²) in [5.74, 6) is 0. The summed E-state index contributed by atoms with van der Waals surface area (Å²) in [5.41, 5.74) is 7.71. The van der Waals surface area contributed by atoms with Crippen molar-refractivity contribution in [1.29, 1.82) is 0 Å². The molecule has 0 bridgehead atoms. The number of rotatable bonds is 2. The molecule has 0 saturated carbocycles. The fraction of sp³-hybridized carbons (Fsp3) is 0.0625. The number of hydrogen-bond acceptors (Lipinski definition) is 2. The second-order valence-corrected chi connectivity index (χ2v) is 11.4. The van der Waals surface area contributed by atoms with E-state index in [1.807, 2.05) is 22.7 Å². The van der Waals surface area contributed by atoms with Gasteiger partial charge in [0.1, 0.15) is 0 Å². The molecule has 2 heterocycles. The molecule has 0 nitrogen and oxygen atoms in total. The van der Waals surface area contributed by atoms with Crippen LogP contribution in [0.15, 0.2) is 97.1 Å². The molecule has 7 aromatic rings. The van der Waals surface area contributed by atoms with E-state index in [-0.39, 0.29) is 0 Å². The molecule has 2 heteroatoms. The van der Waals surface area contributed by atoms with Gasteiger partial charge in [-0.2, -0.15) is 0 Å². The van der Waals surface area contributed by atoms with Crippen LogP contribution in [0.1, 0.15) is 11.1 Å². The molecule has 0 aliphatic carbocycles. The van der Waals surface area contributed by atoms with Crippen molar-refractivity contribution in [2.45, 2.75) is 13.8 Å².